The molecule has 0 aromatic heterocycles. The molecule has 82 valence electrons. The molecule has 1 rings (SSSR count). The van der Waals surface area contributed by atoms with Crippen molar-refractivity contribution in [1.82, 2.24) is 0 Å². The van der Waals surface area contributed by atoms with Crippen LogP contribution in [0.15, 0.2) is 0 Å². The van der Waals surface area contributed by atoms with Gasteiger partial charge in [0.05, 0.1) is 6.04 Å². The van der Waals surface area contributed by atoms with E-state index in [1.54, 1.807) is 0 Å². The smallest absolute Gasteiger partial charge is 0.152 e. The Balaban J connectivity index is 2.51. The van der Waals surface area contributed by atoms with E-state index in [9.17, 15) is 4.79 Å². The van der Waals surface area contributed by atoms with Crippen LogP contribution in [0.3, 0.4) is 0 Å². The first kappa shape index (κ1) is 11.7. The largest absolute Gasteiger partial charge is 0.321 e. The van der Waals surface area contributed by atoms with Crippen LogP contribution in [0.1, 0.15) is 46.5 Å². The van der Waals surface area contributed by atoms with Crippen molar-refractivity contribution >= 4 is 5.78 Å². The topological polar surface area (TPSA) is 43.1 Å². The molecule has 3 atom stereocenters. The Hall–Kier alpha value is -0.370. The normalized spacial score (nSPS) is 30.4. The Labute approximate surface area is 87.2 Å². The summed E-state index contributed by atoms with van der Waals surface area (Å²) in [6, 6.07) is -0.245. The lowest BCUT2D eigenvalue weighted by Gasteiger charge is -2.28. The molecule has 2 nitrogen and oxygen atoms in total. The molecular formula is C12H23NO. The summed E-state index contributed by atoms with van der Waals surface area (Å²) < 4.78 is 0. The zero-order chi connectivity index (χ0) is 10.7. The molecule has 0 heterocycles. The van der Waals surface area contributed by atoms with Crippen molar-refractivity contribution < 1.29 is 4.79 Å². The first-order valence-electron chi connectivity index (χ1n) is 5.81. The molecule has 0 spiro atoms. The van der Waals surface area contributed by atoms with Gasteiger partial charge in [-0.05, 0) is 24.7 Å². The van der Waals surface area contributed by atoms with Crippen molar-refractivity contribution in [3.63, 3.8) is 0 Å². The van der Waals surface area contributed by atoms with Gasteiger partial charge in [0, 0.05) is 5.92 Å². The lowest BCUT2D eigenvalue weighted by Crippen LogP contribution is -2.41. The molecule has 14 heavy (non-hydrogen) atoms. The minimum absolute atomic E-state index is 0.245. The zero-order valence-electron chi connectivity index (χ0n) is 9.62. The van der Waals surface area contributed by atoms with Gasteiger partial charge >= 0.3 is 0 Å². The van der Waals surface area contributed by atoms with Crippen molar-refractivity contribution in [1.29, 1.82) is 0 Å². The fourth-order valence-corrected chi connectivity index (χ4v) is 2.29. The van der Waals surface area contributed by atoms with Gasteiger partial charge < -0.3 is 5.73 Å². The van der Waals surface area contributed by atoms with Crippen LogP contribution in [0.2, 0.25) is 0 Å². The van der Waals surface area contributed by atoms with Gasteiger partial charge in [-0.3, -0.25) is 4.79 Å². The Morgan fingerprint density at radius 3 is 2.50 bits per heavy atom. The van der Waals surface area contributed by atoms with Gasteiger partial charge in [-0.25, -0.2) is 0 Å². The highest BCUT2D eigenvalue weighted by molar-refractivity contribution is 5.86. The Bertz CT molecular complexity index is 200. The number of ketones is 1. The first-order valence-corrected chi connectivity index (χ1v) is 5.81. The van der Waals surface area contributed by atoms with E-state index in [2.05, 4.69) is 6.92 Å². The van der Waals surface area contributed by atoms with E-state index >= 15 is 0 Å². The summed E-state index contributed by atoms with van der Waals surface area (Å²) in [5.41, 5.74) is 5.89. The van der Waals surface area contributed by atoms with Gasteiger partial charge in [0.1, 0.15) is 0 Å². The number of carbonyl (C=O) groups is 1. The van der Waals surface area contributed by atoms with E-state index in [-0.39, 0.29) is 17.9 Å². The van der Waals surface area contributed by atoms with Crippen LogP contribution < -0.4 is 5.73 Å². The van der Waals surface area contributed by atoms with E-state index in [0.29, 0.717) is 11.7 Å². The van der Waals surface area contributed by atoms with Crippen molar-refractivity contribution in [2.24, 2.45) is 23.5 Å². The molecule has 0 aromatic rings. The van der Waals surface area contributed by atoms with Gasteiger partial charge in [0.25, 0.3) is 0 Å². The summed E-state index contributed by atoms with van der Waals surface area (Å²) in [5, 5.41) is 0. The molecule has 1 aliphatic rings. The van der Waals surface area contributed by atoms with Crippen molar-refractivity contribution in [3.8, 4) is 0 Å². The maximum Gasteiger partial charge on any atom is 0.152 e. The molecule has 0 aromatic carbocycles. The van der Waals surface area contributed by atoms with E-state index in [1.807, 2.05) is 13.8 Å². The lowest BCUT2D eigenvalue weighted by molar-refractivity contribution is -0.126. The summed E-state index contributed by atoms with van der Waals surface area (Å²) in [5.74, 6) is 1.53. The fraction of sp³-hybridized carbons (Fsp3) is 0.917. The molecular weight excluding hydrogens is 174 g/mol. The van der Waals surface area contributed by atoms with Crippen LogP contribution in [-0.4, -0.2) is 11.8 Å². The third-order valence-electron chi connectivity index (χ3n) is 3.39. The zero-order valence-corrected chi connectivity index (χ0v) is 9.62. The van der Waals surface area contributed by atoms with E-state index < -0.39 is 0 Å². The standard InChI is InChI=1S/C12H23NO/c1-8(2)11(13)12(14)10-6-4-5-9(3)7-10/h8-11H,4-7,13H2,1-3H3. The third-order valence-corrected chi connectivity index (χ3v) is 3.39. The monoisotopic (exact) mass is 197 g/mol. The highest BCUT2D eigenvalue weighted by Gasteiger charge is 2.29. The summed E-state index contributed by atoms with van der Waals surface area (Å²) >= 11 is 0. The molecule has 2 heteroatoms. The molecule has 1 fully saturated rings. The van der Waals surface area contributed by atoms with Gasteiger partial charge in [0.15, 0.2) is 5.78 Å². The minimum atomic E-state index is -0.245. The van der Waals surface area contributed by atoms with Gasteiger partial charge in [0.2, 0.25) is 0 Å². The maximum absolute atomic E-state index is 12.0. The van der Waals surface area contributed by atoms with Crippen molar-refractivity contribution in [3.05, 3.63) is 0 Å². The maximum atomic E-state index is 12.0. The summed E-state index contributed by atoms with van der Waals surface area (Å²) in [7, 11) is 0. The summed E-state index contributed by atoms with van der Waals surface area (Å²) in [6.07, 6.45) is 4.59. The molecule has 3 unspecified atom stereocenters. The van der Waals surface area contributed by atoms with Gasteiger partial charge in [-0.2, -0.15) is 0 Å². The quantitative estimate of drug-likeness (QED) is 0.754. The van der Waals surface area contributed by atoms with Crippen LogP contribution >= 0.6 is 0 Å². The van der Waals surface area contributed by atoms with Crippen LogP contribution in [0.4, 0.5) is 0 Å². The number of Topliss-reactive ketones (excluding diaryl/α,β-unsaturated/α-hetero) is 1. The fourth-order valence-electron chi connectivity index (χ4n) is 2.29. The number of hydrogen-bond acceptors (Lipinski definition) is 2. The van der Waals surface area contributed by atoms with Crippen LogP contribution in [0.5, 0.6) is 0 Å². The SMILES string of the molecule is CC1CCCC(C(=O)C(N)C(C)C)C1. The predicted molar refractivity (Wildman–Crippen MR) is 58.9 cm³/mol. The van der Waals surface area contributed by atoms with Crippen molar-refractivity contribution in [2.75, 3.05) is 0 Å². The minimum Gasteiger partial charge on any atom is -0.321 e. The Morgan fingerprint density at radius 1 is 1.36 bits per heavy atom. The van der Waals surface area contributed by atoms with Crippen LogP contribution in [0, 0.1) is 17.8 Å². The molecule has 0 radical (unpaired) electrons. The second kappa shape index (κ2) is 4.92. The molecule has 0 amide bonds. The molecule has 2 N–H and O–H groups in total. The second-order valence-electron chi connectivity index (χ2n) is 5.14. The molecule has 0 bridgehead atoms. The van der Waals surface area contributed by atoms with Crippen molar-refractivity contribution in [2.45, 2.75) is 52.5 Å². The number of hydrogen-bond donors (Lipinski definition) is 1. The van der Waals surface area contributed by atoms with E-state index in [4.69, 9.17) is 5.73 Å². The van der Waals surface area contributed by atoms with Crippen LogP contribution in [-0.2, 0) is 4.79 Å². The Morgan fingerprint density at radius 2 is 2.00 bits per heavy atom. The lowest BCUT2D eigenvalue weighted by atomic mass is 9.77. The predicted octanol–water partition coefficient (Wildman–Crippen LogP) is 2.37. The average molecular weight is 197 g/mol. The number of rotatable bonds is 3. The molecule has 0 aliphatic heterocycles. The third kappa shape index (κ3) is 2.81. The molecule has 0 saturated heterocycles. The van der Waals surface area contributed by atoms with Gasteiger partial charge in [-0.1, -0.05) is 33.6 Å². The van der Waals surface area contributed by atoms with Gasteiger partial charge in [-0.15, -0.1) is 0 Å². The molecule has 1 saturated carbocycles. The number of carbonyl (C=O) groups excluding carboxylic acids is 1. The van der Waals surface area contributed by atoms with E-state index in [0.717, 1.165) is 12.8 Å². The van der Waals surface area contributed by atoms with Crippen LogP contribution in [0.25, 0.3) is 0 Å². The molecule has 1 aliphatic carbocycles. The highest BCUT2D eigenvalue weighted by atomic mass is 16.1. The average Bonchev–Trinajstić information content (AvgIpc) is 2.15. The highest BCUT2D eigenvalue weighted by Crippen LogP contribution is 2.30. The summed E-state index contributed by atoms with van der Waals surface area (Å²) in [4.78, 5) is 12.0. The Kier molecular flexibility index (Phi) is 4.11. The summed E-state index contributed by atoms with van der Waals surface area (Å²) in [6.45, 7) is 6.28. The number of nitrogens with two attached hydrogens (primary N) is 1. The first-order chi connectivity index (χ1) is 6.52. The second-order valence-corrected chi connectivity index (χ2v) is 5.14. The van der Waals surface area contributed by atoms with E-state index in [1.165, 1.54) is 12.8 Å².